The van der Waals surface area contributed by atoms with E-state index in [4.69, 9.17) is 0 Å². The molecule has 220 valence electrons. The molecule has 9 aromatic rings. The van der Waals surface area contributed by atoms with Crippen molar-refractivity contribution in [3.63, 3.8) is 0 Å². The highest BCUT2D eigenvalue weighted by molar-refractivity contribution is 6.23. The summed E-state index contributed by atoms with van der Waals surface area (Å²) in [6, 6.07) is 68.3. The van der Waals surface area contributed by atoms with E-state index in [1.54, 1.807) is 0 Å². The van der Waals surface area contributed by atoms with Gasteiger partial charge in [0.25, 0.3) is 0 Å². The lowest BCUT2D eigenvalue weighted by Crippen LogP contribution is -2.12. The van der Waals surface area contributed by atoms with Crippen molar-refractivity contribution in [1.82, 2.24) is 0 Å². The van der Waals surface area contributed by atoms with Crippen molar-refractivity contribution in [1.29, 1.82) is 0 Å². The second kappa shape index (κ2) is 11.3. The Morgan fingerprint density at radius 3 is 1.66 bits per heavy atom. The van der Waals surface area contributed by atoms with E-state index in [0.717, 1.165) is 17.1 Å². The molecule has 1 nitrogen and oxygen atoms in total. The molecule has 9 aromatic carbocycles. The van der Waals surface area contributed by atoms with E-state index in [2.05, 4.69) is 193 Å². The van der Waals surface area contributed by atoms with Gasteiger partial charge in [0.1, 0.15) is 0 Å². The largest absolute Gasteiger partial charge is 0.309 e. The van der Waals surface area contributed by atoms with Crippen LogP contribution in [0.3, 0.4) is 0 Å². The van der Waals surface area contributed by atoms with Gasteiger partial charge in [0.15, 0.2) is 0 Å². The molecule has 0 atom stereocenters. The lowest BCUT2D eigenvalue weighted by molar-refractivity contribution is 1.30. The molecule has 0 unspecified atom stereocenters. The summed E-state index contributed by atoms with van der Waals surface area (Å²) in [5.74, 6) is 0. The van der Waals surface area contributed by atoms with E-state index in [0.29, 0.717) is 0 Å². The van der Waals surface area contributed by atoms with Gasteiger partial charge in [0.2, 0.25) is 0 Å². The van der Waals surface area contributed by atoms with Gasteiger partial charge in [-0.25, -0.2) is 0 Å². The van der Waals surface area contributed by atoms with Crippen LogP contribution in [0.25, 0.3) is 65.3 Å². The average Bonchev–Trinajstić information content (AvgIpc) is 3.15. The van der Waals surface area contributed by atoms with Gasteiger partial charge in [0.05, 0.1) is 11.4 Å². The highest BCUT2D eigenvalue weighted by Gasteiger charge is 2.21. The quantitative estimate of drug-likeness (QED) is 0.178. The van der Waals surface area contributed by atoms with Gasteiger partial charge >= 0.3 is 0 Å². The van der Waals surface area contributed by atoms with Crippen LogP contribution in [-0.4, -0.2) is 0 Å². The third kappa shape index (κ3) is 4.64. The molecular weight excluding hydrogens is 567 g/mol. The Morgan fingerprint density at radius 1 is 0.298 bits per heavy atom. The molecule has 0 amide bonds. The summed E-state index contributed by atoms with van der Waals surface area (Å²) in [6.45, 7) is 0. The van der Waals surface area contributed by atoms with E-state index >= 15 is 0 Å². The number of benzene rings is 9. The SMILES string of the molecule is c1ccc(-c2ccccc2N(c2ccc(-c3cccc4ccccc34)cc2)c2cc3ccc4ccccc4c3c3ccccc23)cc1. The van der Waals surface area contributed by atoms with E-state index in [1.807, 2.05) is 0 Å². The van der Waals surface area contributed by atoms with Crippen LogP contribution in [0.1, 0.15) is 0 Å². The van der Waals surface area contributed by atoms with Gasteiger partial charge < -0.3 is 4.90 Å². The van der Waals surface area contributed by atoms with Crippen molar-refractivity contribution in [2.45, 2.75) is 0 Å². The summed E-state index contributed by atoms with van der Waals surface area (Å²) < 4.78 is 0. The lowest BCUT2D eigenvalue weighted by Gasteiger charge is -2.30. The number of nitrogens with zero attached hydrogens (tertiary/aromatic N) is 1. The molecule has 0 saturated heterocycles. The van der Waals surface area contributed by atoms with Gasteiger partial charge in [-0.05, 0) is 78.7 Å². The Morgan fingerprint density at radius 2 is 0.851 bits per heavy atom. The van der Waals surface area contributed by atoms with Crippen LogP contribution >= 0.6 is 0 Å². The van der Waals surface area contributed by atoms with Crippen molar-refractivity contribution >= 4 is 60.2 Å². The topological polar surface area (TPSA) is 3.24 Å². The van der Waals surface area contributed by atoms with Crippen LogP contribution in [-0.2, 0) is 0 Å². The number of para-hydroxylation sites is 1. The van der Waals surface area contributed by atoms with Crippen LogP contribution in [0, 0.1) is 0 Å². The minimum atomic E-state index is 1.11. The van der Waals surface area contributed by atoms with Gasteiger partial charge in [-0.3, -0.25) is 0 Å². The van der Waals surface area contributed by atoms with Crippen molar-refractivity contribution in [3.8, 4) is 22.3 Å². The first-order valence-electron chi connectivity index (χ1n) is 16.2. The second-order valence-electron chi connectivity index (χ2n) is 12.1. The number of rotatable bonds is 5. The Hall–Kier alpha value is -6.18. The molecule has 9 rings (SSSR count). The molecular formula is C46H31N. The molecule has 0 aliphatic rings. The van der Waals surface area contributed by atoms with Gasteiger partial charge in [0, 0.05) is 16.6 Å². The molecule has 0 heterocycles. The maximum absolute atomic E-state index is 2.45. The highest BCUT2D eigenvalue weighted by Crippen LogP contribution is 2.46. The Labute approximate surface area is 274 Å². The molecule has 0 fully saturated rings. The first-order valence-corrected chi connectivity index (χ1v) is 16.2. The molecule has 0 aliphatic heterocycles. The normalized spacial score (nSPS) is 11.4. The van der Waals surface area contributed by atoms with Crippen molar-refractivity contribution in [3.05, 3.63) is 188 Å². The minimum Gasteiger partial charge on any atom is -0.309 e. The fourth-order valence-corrected chi connectivity index (χ4v) is 7.25. The molecule has 0 bridgehead atoms. The predicted molar refractivity (Wildman–Crippen MR) is 202 cm³/mol. The summed E-state index contributed by atoms with van der Waals surface area (Å²) in [6.07, 6.45) is 0. The highest BCUT2D eigenvalue weighted by atomic mass is 15.1. The summed E-state index contributed by atoms with van der Waals surface area (Å²) in [5.41, 5.74) is 8.24. The van der Waals surface area contributed by atoms with Crippen molar-refractivity contribution in [2.75, 3.05) is 4.90 Å². The standard InChI is InChI=1S/C46H31N/c1-2-13-33(14-3-1)40-19-10-11-24-44(40)47(37-29-27-35(28-30-37)39-23-12-17-32-15-4-6-18-38(32)39)45-31-36-26-25-34-16-5-7-20-41(34)46(36)43-22-9-8-21-42(43)45/h1-31H. The van der Waals surface area contributed by atoms with E-state index in [-0.39, 0.29) is 0 Å². The lowest BCUT2D eigenvalue weighted by atomic mass is 9.94. The summed E-state index contributed by atoms with van der Waals surface area (Å²) in [7, 11) is 0. The van der Waals surface area contributed by atoms with Crippen molar-refractivity contribution < 1.29 is 0 Å². The summed E-state index contributed by atoms with van der Waals surface area (Å²) in [4.78, 5) is 2.45. The van der Waals surface area contributed by atoms with E-state index in [1.165, 1.54) is 65.3 Å². The predicted octanol–water partition coefficient (Wildman–Crippen LogP) is 13.1. The van der Waals surface area contributed by atoms with Crippen LogP contribution in [0.5, 0.6) is 0 Å². The van der Waals surface area contributed by atoms with E-state index in [9.17, 15) is 0 Å². The minimum absolute atomic E-state index is 1.11. The third-order valence-electron chi connectivity index (χ3n) is 9.42. The van der Waals surface area contributed by atoms with Crippen LogP contribution in [0.15, 0.2) is 188 Å². The fraction of sp³-hybridized carbons (Fsp3) is 0. The second-order valence-corrected chi connectivity index (χ2v) is 12.1. The maximum Gasteiger partial charge on any atom is 0.0546 e. The van der Waals surface area contributed by atoms with E-state index < -0.39 is 0 Å². The van der Waals surface area contributed by atoms with Crippen LogP contribution in [0.2, 0.25) is 0 Å². The zero-order valence-corrected chi connectivity index (χ0v) is 25.8. The zero-order chi connectivity index (χ0) is 31.2. The number of anilines is 3. The summed E-state index contributed by atoms with van der Waals surface area (Å²) in [5, 5.41) is 10.1. The molecule has 0 saturated carbocycles. The Kier molecular flexibility index (Phi) is 6.54. The molecule has 0 spiro atoms. The first-order chi connectivity index (χ1) is 23.3. The van der Waals surface area contributed by atoms with Gasteiger partial charge in [-0.2, -0.15) is 0 Å². The molecule has 0 N–H and O–H groups in total. The molecule has 47 heavy (non-hydrogen) atoms. The molecule has 0 aliphatic carbocycles. The first kappa shape index (κ1) is 27.2. The fourth-order valence-electron chi connectivity index (χ4n) is 7.25. The monoisotopic (exact) mass is 597 g/mol. The van der Waals surface area contributed by atoms with Gasteiger partial charge in [-0.1, -0.05) is 164 Å². The van der Waals surface area contributed by atoms with Crippen LogP contribution in [0.4, 0.5) is 17.1 Å². The molecule has 0 aromatic heterocycles. The molecule has 0 radical (unpaired) electrons. The number of hydrogen-bond acceptors (Lipinski definition) is 1. The molecule has 1 heteroatoms. The number of fused-ring (bicyclic) bond motifs is 6. The third-order valence-corrected chi connectivity index (χ3v) is 9.42. The van der Waals surface area contributed by atoms with Gasteiger partial charge in [-0.15, -0.1) is 0 Å². The summed E-state index contributed by atoms with van der Waals surface area (Å²) >= 11 is 0. The average molecular weight is 598 g/mol. The smallest absolute Gasteiger partial charge is 0.0546 e. The zero-order valence-electron chi connectivity index (χ0n) is 25.8. The number of hydrogen-bond donors (Lipinski definition) is 0. The Balaban J connectivity index is 1.31. The Bertz CT molecular complexity index is 2560. The maximum atomic E-state index is 2.45. The van der Waals surface area contributed by atoms with Crippen molar-refractivity contribution in [2.24, 2.45) is 0 Å². The van der Waals surface area contributed by atoms with Crippen LogP contribution < -0.4 is 4.90 Å².